The predicted molar refractivity (Wildman–Crippen MR) is 76.7 cm³/mol. The highest BCUT2D eigenvalue weighted by Crippen LogP contribution is 2.29. The SMILES string of the molecule is O=S(=O)(NC1CCC(O)CC1)c1ccc(OC(F)F)c(Cl)c1. The van der Waals surface area contributed by atoms with Crippen molar-refractivity contribution in [1.82, 2.24) is 4.72 Å². The van der Waals surface area contributed by atoms with Gasteiger partial charge in [0.1, 0.15) is 5.75 Å². The second-order valence-electron chi connectivity index (χ2n) is 5.10. The second-order valence-corrected chi connectivity index (χ2v) is 7.22. The minimum Gasteiger partial charge on any atom is -0.433 e. The molecule has 9 heteroatoms. The standard InChI is InChI=1S/C13H16ClF2NO4S/c14-11-7-10(5-6-12(11)21-13(15)16)22(19,20)17-8-1-3-9(18)4-2-8/h5-9,13,17-18H,1-4H2. The molecule has 0 aromatic heterocycles. The molecule has 0 radical (unpaired) electrons. The van der Waals surface area contributed by atoms with E-state index < -0.39 is 16.6 Å². The predicted octanol–water partition coefficient (Wildman–Crippen LogP) is 2.52. The average Bonchev–Trinajstić information content (AvgIpc) is 2.43. The molecule has 124 valence electrons. The summed E-state index contributed by atoms with van der Waals surface area (Å²) in [6.45, 7) is -3.04. The number of sulfonamides is 1. The first-order valence-electron chi connectivity index (χ1n) is 6.72. The molecule has 0 atom stereocenters. The normalized spacial score (nSPS) is 22.8. The minimum absolute atomic E-state index is 0.120. The third-order valence-electron chi connectivity index (χ3n) is 3.45. The molecule has 0 saturated heterocycles. The van der Waals surface area contributed by atoms with Gasteiger partial charge in [-0.2, -0.15) is 8.78 Å². The highest BCUT2D eigenvalue weighted by atomic mass is 35.5. The summed E-state index contributed by atoms with van der Waals surface area (Å²) in [5.74, 6) is -0.281. The van der Waals surface area contributed by atoms with Gasteiger partial charge in [-0.1, -0.05) is 11.6 Å². The molecule has 5 nitrogen and oxygen atoms in total. The highest BCUT2D eigenvalue weighted by Gasteiger charge is 2.25. The van der Waals surface area contributed by atoms with Gasteiger partial charge in [-0.15, -0.1) is 0 Å². The van der Waals surface area contributed by atoms with Crippen LogP contribution in [0.25, 0.3) is 0 Å². The van der Waals surface area contributed by atoms with E-state index in [1.54, 1.807) is 0 Å². The van der Waals surface area contributed by atoms with Gasteiger partial charge in [0.15, 0.2) is 0 Å². The Hall–Kier alpha value is -0.960. The van der Waals surface area contributed by atoms with Crippen LogP contribution >= 0.6 is 11.6 Å². The largest absolute Gasteiger partial charge is 0.433 e. The summed E-state index contributed by atoms with van der Waals surface area (Å²) >= 11 is 5.76. The zero-order chi connectivity index (χ0) is 16.3. The Balaban J connectivity index is 2.10. The molecule has 2 N–H and O–H groups in total. The van der Waals surface area contributed by atoms with E-state index in [4.69, 9.17) is 11.6 Å². The van der Waals surface area contributed by atoms with E-state index in [0.29, 0.717) is 25.7 Å². The van der Waals surface area contributed by atoms with Crippen LogP contribution in [-0.2, 0) is 10.0 Å². The van der Waals surface area contributed by atoms with Gasteiger partial charge in [0.2, 0.25) is 10.0 Å². The van der Waals surface area contributed by atoms with Crippen molar-refractivity contribution in [2.75, 3.05) is 0 Å². The number of ether oxygens (including phenoxy) is 1. The summed E-state index contributed by atoms with van der Waals surface area (Å²) in [5.41, 5.74) is 0. The lowest BCUT2D eigenvalue weighted by Crippen LogP contribution is -2.38. The molecule has 0 amide bonds. The maximum absolute atomic E-state index is 12.2. The lowest BCUT2D eigenvalue weighted by Gasteiger charge is -2.26. The summed E-state index contributed by atoms with van der Waals surface area (Å²) in [5, 5.41) is 9.21. The molecule has 1 aliphatic rings. The van der Waals surface area contributed by atoms with Crippen molar-refractivity contribution < 1.29 is 27.0 Å². The van der Waals surface area contributed by atoms with Crippen LogP contribution in [0, 0.1) is 0 Å². The van der Waals surface area contributed by atoms with Gasteiger partial charge < -0.3 is 9.84 Å². The van der Waals surface area contributed by atoms with Gasteiger partial charge in [-0.05, 0) is 43.9 Å². The van der Waals surface area contributed by atoms with Crippen molar-refractivity contribution in [2.24, 2.45) is 0 Å². The van der Waals surface area contributed by atoms with Crippen LogP contribution in [0.1, 0.15) is 25.7 Å². The first kappa shape index (κ1) is 17.4. The van der Waals surface area contributed by atoms with E-state index in [0.717, 1.165) is 18.2 Å². The number of hydrogen-bond donors (Lipinski definition) is 2. The molecule has 0 unspecified atom stereocenters. The van der Waals surface area contributed by atoms with Gasteiger partial charge in [-0.3, -0.25) is 0 Å². The van der Waals surface area contributed by atoms with Gasteiger partial charge in [-0.25, -0.2) is 13.1 Å². The molecule has 0 aliphatic heterocycles. The van der Waals surface area contributed by atoms with Gasteiger partial charge >= 0.3 is 6.61 Å². The Labute approximate surface area is 132 Å². The Morgan fingerprint density at radius 2 is 1.91 bits per heavy atom. The van der Waals surface area contributed by atoms with Crippen LogP contribution in [0.5, 0.6) is 5.75 Å². The fourth-order valence-corrected chi connectivity index (χ4v) is 3.94. The third kappa shape index (κ3) is 4.52. The molecular formula is C13H16ClF2NO4S. The molecule has 1 aliphatic carbocycles. The smallest absolute Gasteiger partial charge is 0.387 e. The monoisotopic (exact) mass is 355 g/mol. The van der Waals surface area contributed by atoms with Crippen molar-refractivity contribution in [1.29, 1.82) is 0 Å². The van der Waals surface area contributed by atoms with Crippen molar-refractivity contribution in [2.45, 2.75) is 49.3 Å². The van der Waals surface area contributed by atoms with Crippen LogP contribution in [0.4, 0.5) is 8.78 Å². The van der Waals surface area contributed by atoms with Crippen LogP contribution in [0.3, 0.4) is 0 Å². The Morgan fingerprint density at radius 3 is 2.45 bits per heavy atom. The number of benzene rings is 1. The van der Waals surface area contributed by atoms with Crippen LogP contribution in [0.2, 0.25) is 5.02 Å². The number of hydrogen-bond acceptors (Lipinski definition) is 4. The fourth-order valence-electron chi connectivity index (χ4n) is 2.32. The highest BCUT2D eigenvalue weighted by molar-refractivity contribution is 7.89. The first-order valence-corrected chi connectivity index (χ1v) is 8.59. The van der Waals surface area contributed by atoms with Crippen molar-refractivity contribution in [3.63, 3.8) is 0 Å². The van der Waals surface area contributed by atoms with Crippen LogP contribution in [0.15, 0.2) is 23.1 Å². The van der Waals surface area contributed by atoms with E-state index in [1.165, 1.54) is 0 Å². The fraction of sp³-hybridized carbons (Fsp3) is 0.538. The quantitative estimate of drug-likeness (QED) is 0.851. The summed E-state index contributed by atoms with van der Waals surface area (Å²) in [6, 6.07) is 3.06. The summed E-state index contributed by atoms with van der Waals surface area (Å²) in [6.07, 6.45) is 1.77. The number of aliphatic hydroxyl groups excluding tert-OH is 1. The number of rotatable bonds is 5. The Kier molecular flexibility index (Phi) is 5.60. The summed E-state index contributed by atoms with van der Waals surface area (Å²) in [4.78, 5) is -0.120. The Bertz CT molecular complexity index is 618. The zero-order valence-electron chi connectivity index (χ0n) is 11.5. The maximum atomic E-state index is 12.2. The minimum atomic E-state index is -3.80. The van der Waals surface area contributed by atoms with E-state index in [2.05, 4.69) is 9.46 Å². The topological polar surface area (TPSA) is 75.6 Å². The number of alkyl halides is 2. The second kappa shape index (κ2) is 7.08. The molecule has 22 heavy (non-hydrogen) atoms. The summed E-state index contributed by atoms with van der Waals surface area (Å²) in [7, 11) is -3.80. The molecule has 1 saturated carbocycles. The molecule has 1 aromatic rings. The molecule has 1 fully saturated rings. The van der Waals surface area contributed by atoms with Gasteiger partial charge in [0, 0.05) is 6.04 Å². The molecule has 1 aromatic carbocycles. The lowest BCUT2D eigenvalue weighted by atomic mass is 9.94. The molecule has 0 spiro atoms. The number of halogens is 3. The molecule has 0 heterocycles. The molecular weight excluding hydrogens is 340 g/mol. The van der Waals surface area contributed by atoms with E-state index >= 15 is 0 Å². The average molecular weight is 356 g/mol. The molecule has 0 bridgehead atoms. The first-order chi connectivity index (χ1) is 10.3. The van der Waals surface area contributed by atoms with E-state index in [-0.39, 0.29) is 27.8 Å². The lowest BCUT2D eigenvalue weighted by molar-refractivity contribution is -0.0498. The van der Waals surface area contributed by atoms with Crippen LogP contribution in [-0.4, -0.2) is 32.3 Å². The summed E-state index contributed by atoms with van der Waals surface area (Å²) < 4.78 is 55.5. The Morgan fingerprint density at radius 1 is 1.27 bits per heavy atom. The number of nitrogens with one attached hydrogen (secondary N) is 1. The third-order valence-corrected chi connectivity index (χ3v) is 5.26. The molecule has 2 rings (SSSR count). The van der Waals surface area contributed by atoms with Crippen molar-refractivity contribution in [3.05, 3.63) is 23.2 Å². The van der Waals surface area contributed by atoms with Crippen LogP contribution < -0.4 is 9.46 Å². The van der Waals surface area contributed by atoms with Gasteiger partial charge in [0.05, 0.1) is 16.0 Å². The van der Waals surface area contributed by atoms with Crippen molar-refractivity contribution in [3.8, 4) is 5.75 Å². The van der Waals surface area contributed by atoms with E-state index in [9.17, 15) is 22.3 Å². The van der Waals surface area contributed by atoms with Crippen molar-refractivity contribution >= 4 is 21.6 Å². The van der Waals surface area contributed by atoms with E-state index in [1.807, 2.05) is 0 Å². The maximum Gasteiger partial charge on any atom is 0.387 e. The zero-order valence-corrected chi connectivity index (χ0v) is 13.1. The number of aliphatic hydroxyl groups is 1. The van der Waals surface area contributed by atoms with Gasteiger partial charge in [0.25, 0.3) is 0 Å².